The fraction of sp³-hybridized carbons (Fsp3) is 0.760. The molecule has 3 saturated heterocycles. The molecule has 0 amide bonds. The first-order valence-corrected chi connectivity index (χ1v) is 13.1. The van der Waals surface area contributed by atoms with Gasteiger partial charge in [-0.3, -0.25) is 0 Å². The van der Waals surface area contributed by atoms with Gasteiger partial charge in [0.1, 0.15) is 73.2 Å². The molecule has 3 fully saturated rings. The zero-order valence-electron chi connectivity index (χ0n) is 21.8. The quantitative estimate of drug-likeness (QED) is 0.121. The van der Waals surface area contributed by atoms with E-state index in [9.17, 15) is 51.1 Å². The van der Waals surface area contributed by atoms with Crippen molar-refractivity contribution >= 4 is 0 Å². The normalized spacial score (nSPS) is 45.5. The molecule has 16 heteroatoms. The van der Waals surface area contributed by atoms with E-state index in [-0.39, 0.29) is 6.61 Å². The Labute approximate surface area is 234 Å². The van der Waals surface area contributed by atoms with Crippen LogP contribution in [0.2, 0.25) is 0 Å². The molecular formula is C25H38O16. The molecule has 4 rings (SSSR count). The average molecular weight is 595 g/mol. The maximum atomic E-state index is 11.1. The summed E-state index contributed by atoms with van der Waals surface area (Å²) < 4.78 is 33.3. The fourth-order valence-electron chi connectivity index (χ4n) is 4.82. The Bertz CT molecular complexity index is 922. The highest BCUT2D eigenvalue weighted by atomic mass is 16.7. The number of rotatable bonds is 10. The van der Waals surface area contributed by atoms with Gasteiger partial charge in [-0.1, -0.05) is 30.3 Å². The smallest absolute Gasteiger partial charge is 0.187 e. The van der Waals surface area contributed by atoms with Crippen molar-refractivity contribution in [3.63, 3.8) is 0 Å². The van der Waals surface area contributed by atoms with Crippen LogP contribution in [0.15, 0.2) is 30.3 Å². The van der Waals surface area contributed by atoms with Gasteiger partial charge in [-0.05, 0) is 5.56 Å². The molecule has 3 aliphatic heterocycles. The Morgan fingerprint density at radius 1 is 0.537 bits per heavy atom. The minimum absolute atomic E-state index is 0.0360. The van der Waals surface area contributed by atoms with Crippen LogP contribution in [0.1, 0.15) is 5.56 Å². The molecule has 3 heterocycles. The van der Waals surface area contributed by atoms with E-state index >= 15 is 0 Å². The Balaban J connectivity index is 1.49. The molecule has 1 aromatic rings. The first-order valence-electron chi connectivity index (χ1n) is 13.1. The number of aliphatic hydroxyl groups excluding tert-OH is 10. The van der Waals surface area contributed by atoms with Crippen molar-refractivity contribution < 1.29 is 79.5 Å². The van der Waals surface area contributed by atoms with Crippen LogP contribution < -0.4 is 0 Å². The molecule has 15 atom stereocenters. The minimum atomic E-state index is -1.83. The molecule has 0 aliphatic carbocycles. The topological polar surface area (TPSA) is 258 Å². The van der Waals surface area contributed by atoms with Gasteiger partial charge >= 0.3 is 0 Å². The summed E-state index contributed by atoms with van der Waals surface area (Å²) in [7, 11) is 0. The molecule has 0 radical (unpaired) electrons. The molecule has 41 heavy (non-hydrogen) atoms. The lowest BCUT2D eigenvalue weighted by atomic mass is 9.96. The van der Waals surface area contributed by atoms with Gasteiger partial charge in [0, 0.05) is 0 Å². The molecule has 0 bridgehead atoms. The van der Waals surface area contributed by atoms with E-state index in [1.165, 1.54) is 0 Å². The number of aliphatic hydroxyl groups is 10. The van der Waals surface area contributed by atoms with E-state index < -0.39 is 112 Å². The summed E-state index contributed by atoms with van der Waals surface area (Å²) in [6.45, 7) is -2.01. The summed E-state index contributed by atoms with van der Waals surface area (Å²) in [6.07, 6.45) is -24.0. The van der Waals surface area contributed by atoms with Crippen molar-refractivity contribution in [3.8, 4) is 0 Å². The summed E-state index contributed by atoms with van der Waals surface area (Å²) in [4.78, 5) is 0. The van der Waals surface area contributed by atoms with Crippen molar-refractivity contribution in [1.82, 2.24) is 0 Å². The minimum Gasteiger partial charge on any atom is -0.394 e. The Hall–Kier alpha value is -1.42. The fourth-order valence-corrected chi connectivity index (χ4v) is 4.82. The maximum absolute atomic E-state index is 11.1. The number of benzene rings is 1. The van der Waals surface area contributed by atoms with E-state index in [4.69, 9.17) is 28.4 Å². The van der Waals surface area contributed by atoms with Gasteiger partial charge in [0.2, 0.25) is 0 Å². The standard InChI is InChI=1S/C25H38O16/c26-6-11-14(28)17(31)19(33)23(38-11)37-9-13-16(30)22(41-25-20(34)18(32)15(29)12(7-27)39-25)21(35)24(40-13)36-8-10-4-2-1-3-5-10/h1-5,11-35H,6-9H2/t11-,12-,13-,14-,15-,16-,17+,18+,19+,20+,21+,22+,23?,24+,25?/m1/s1. The first-order chi connectivity index (χ1) is 19.6. The van der Waals surface area contributed by atoms with Gasteiger partial charge in [0.25, 0.3) is 0 Å². The second-order valence-corrected chi connectivity index (χ2v) is 10.1. The van der Waals surface area contributed by atoms with Gasteiger partial charge in [-0.15, -0.1) is 0 Å². The summed E-state index contributed by atoms with van der Waals surface area (Å²) in [5.74, 6) is 0. The molecule has 0 aromatic heterocycles. The molecule has 2 unspecified atom stereocenters. The lowest BCUT2D eigenvalue weighted by molar-refractivity contribution is -0.367. The Kier molecular flexibility index (Phi) is 11.4. The van der Waals surface area contributed by atoms with Gasteiger partial charge in [-0.2, -0.15) is 0 Å². The zero-order chi connectivity index (χ0) is 29.8. The lowest BCUT2D eigenvalue weighted by Crippen LogP contribution is -2.65. The highest BCUT2D eigenvalue weighted by Gasteiger charge is 2.52. The predicted octanol–water partition coefficient (Wildman–Crippen LogP) is -5.35. The van der Waals surface area contributed by atoms with Gasteiger partial charge in [-0.25, -0.2) is 0 Å². The van der Waals surface area contributed by atoms with Crippen LogP contribution in [0.3, 0.4) is 0 Å². The van der Waals surface area contributed by atoms with Gasteiger partial charge in [0.15, 0.2) is 18.9 Å². The van der Waals surface area contributed by atoms with Crippen LogP contribution in [0.25, 0.3) is 0 Å². The monoisotopic (exact) mass is 594 g/mol. The summed E-state index contributed by atoms with van der Waals surface area (Å²) in [5.41, 5.74) is 0.718. The molecule has 234 valence electrons. The number of hydrogen-bond donors (Lipinski definition) is 10. The predicted molar refractivity (Wildman–Crippen MR) is 130 cm³/mol. The number of ether oxygens (including phenoxy) is 6. The highest BCUT2D eigenvalue weighted by Crippen LogP contribution is 2.31. The molecule has 0 spiro atoms. The van der Waals surface area contributed by atoms with E-state index in [2.05, 4.69) is 0 Å². The van der Waals surface area contributed by atoms with Crippen molar-refractivity contribution in [3.05, 3.63) is 35.9 Å². The van der Waals surface area contributed by atoms with E-state index in [1.807, 2.05) is 0 Å². The molecular weight excluding hydrogens is 556 g/mol. The van der Waals surface area contributed by atoms with Gasteiger partial charge < -0.3 is 79.5 Å². The van der Waals surface area contributed by atoms with E-state index in [0.717, 1.165) is 5.56 Å². The average Bonchev–Trinajstić information content (AvgIpc) is 2.98. The Morgan fingerprint density at radius 2 is 1.05 bits per heavy atom. The third-order valence-corrected chi connectivity index (χ3v) is 7.31. The van der Waals surface area contributed by atoms with Crippen LogP contribution in [-0.2, 0) is 35.0 Å². The first kappa shape index (κ1) is 32.5. The van der Waals surface area contributed by atoms with Crippen LogP contribution in [0.4, 0.5) is 0 Å². The summed E-state index contributed by atoms with van der Waals surface area (Å²) in [6, 6.07) is 8.84. The lowest BCUT2D eigenvalue weighted by Gasteiger charge is -2.46. The van der Waals surface area contributed by atoms with Crippen LogP contribution >= 0.6 is 0 Å². The largest absolute Gasteiger partial charge is 0.394 e. The van der Waals surface area contributed by atoms with Crippen LogP contribution in [0, 0.1) is 0 Å². The Morgan fingerprint density at radius 3 is 1.63 bits per heavy atom. The summed E-state index contributed by atoms with van der Waals surface area (Å²) in [5, 5.41) is 102. The number of hydrogen-bond acceptors (Lipinski definition) is 16. The molecule has 10 N–H and O–H groups in total. The molecule has 3 aliphatic rings. The SMILES string of the molecule is OC[C@H]1OC(OC[C@H]2O[C@H](OCc3ccccc3)[C@@H](O)[C@@H](OC3O[C@H](CO)[C@@H](O)[C@H](O)[C@@H]3O)[C@@H]2O)[C@@H](O)[C@@H](O)[C@@H]1O. The second kappa shape index (κ2) is 14.4. The third-order valence-electron chi connectivity index (χ3n) is 7.31. The van der Waals surface area contributed by atoms with E-state index in [0.29, 0.717) is 0 Å². The molecule has 1 aromatic carbocycles. The van der Waals surface area contributed by atoms with Crippen LogP contribution in [0.5, 0.6) is 0 Å². The second-order valence-electron chi connectivity index (χ2n) is 10.1. The molecule has 0 saturated carbocycles. The zero-order valence-corrected chi connectivity index (χ0v) is 21.8. The van der Waals surface area contributed by atoms with Crippen LogP contribution in [-0.4, -0.2) is 163 Å². The van der Waals surface area contributed by atoms with Crippen molar-refractivity contribution in [1.29, 1.82) is 0 Å². The maximum Gasteiger partial charge on any atom is 0.187 e. The van der Waals surface area contributed by atoms with Crippen molar-refractivity contribution in [2.45, 2.75) is 98.7 Å². The third kappa shape index (κ3) is 7.22. The van der Waals surface area contributed by atoms with Crippen molar-refractivity contribution in [2.24, 2.45) is 0 Å². The van der Waals surface area contributed by atoms with Crippen molar-refractivity contribution in [2.75, 3.05) is 19.8 Å². The highest BCUT2D eigenvalue weighted by molar-refractivity contribution is 5.13. The molecule has 16 nitrogen and oxygen atoms in total. The van der Waals surface area contributed by atoms with E-state index in [1.54, 1.807) is 30.3 Å². The summed E-state index contributed by atoms with van der Waals surface area (Å²) >= 11 is 0. The van der Waals surface area contributed by atoms with Gasteiger partial charge in [0.05, 0.1) is 26.4 Å².